The predicted molar refractivity (Wildman–Crippen MR) is 61.5 cm³/mol. The number of thiophene rings is 1. The molecule has 0 radical (unpaired) electrons. The molecule has 2 rings (SSSR count). The van der Waals surface area contributed by atoms with Gasteiger partial charge in [-0.25, -0.2) is 0 Å². The minimum absolute atomic E-state index is 0.168. The molecule has 7 heteroatoms. The van der Waals surface area contributed by atoms with E-state index in [1.165, 1.54) is 17.4 Å². The maximum atomic E-state index is 10.5. The van der Waals surface area contributed by atoms with Gasteiger partial charge in [-0.1, -0.05) is 11.3 Å². The maximum Gasteiger partial charge on any atom is 0.324 e. The number of rotatable bonds is 4. The lowest BCUT2D eigenvalue weighted by Crippen LogP contribution is -2.03. The van der Waals surface area contributed by atoms with Crippen molar-refractivity contribution in [2.24, 2.45) is 7.05 Å². The van der Waals surface area contributed by atoms with Gasteiger partial charge in [-0.3, -0.25) is 14.8 Å². The van der Waals surface area contributed by atoms with Gasteiger partial charge in [0, 0.05) is 24.1 Å². The minimum atomic E-state index is -0.377. The van der Waals surface area contributed by atoms with Gasteiger partial charge in [-0.2, -0.15) is 5.10 Å². The zero-order chi connectivity index (χ0) is 11.5. The normalized spacial score (nSPS) is 10.3. The molecule has 0 fully saturated rings. The monoisotopic (exact) mass is 238 g/mol. The molecular weight excluding hydrogens is 228 g/mol. The summed E-state index contributed by atoms with van der Waals surface area (Å²) in [5.74, 6) is 0.885. The predicted octanol–water partition coefficient (Wildman–Crippen LogP) is 2.00. The van der Waals surface area contributed by atoms with Crippen molar-refractivity contribution in [3.63, 3.8) is 0 Å². The molecule has 0 aliphatic carbocycles. The van der Waals surface area contributed by atoms with Crippen LogP contribution in [0.15, 0.2) is 24.4 Å². The number of aryl methyl sites for hydroxylation is 1. The van der Waals surface area contributed by atoms with E-state index in [1.807, 2.05) is 13.1 Å². The summed E-state index contributed by atoms with van der Waals surface area (Å²) in [5, 5.41) is 17.8. The fourth-order valence-electron chi connectivity index (χ4n) is 1.28. The number of nitro groups is 1. The molecule has 2 heterocycles. The molecule has 0 saturated heterocycles. The highest BCUT2D eigenvalue weighted by Crippen LogP contribution is 2.24. The van der Waals surface area contributed by atoms with Gasteiger partial charge in [0.15, 0.2) is 0 Å². The van der Waals surface area contributed by atoms with Crippen LogP contribution in [0.3, 0.4) is 0 Å². The zero-order valence-corrected chi connectivity index (χ0v) is 9.40. The highest BCUT2D eigenvalue weighted by molar-refractivity contribution is 7.15. The number of hydrogen-bond donors (Lipinski definition) is 1. The average molecular weight is 238 g/mol. The van der Waals surface area contributed by atoms with Crippen molar-refractivity contribution in [1.29, 1.82) is 0 Å². The molecule has 0 amide bonds. The highest BCUT2D eigenvalue weighted by atomic mass is 32.1. The Morgan fingerprint density at radius 3 is 2.94 bits per heavy atom. The Labute approximate surface area is 95.7 Å². The van der Waals surface area contributed by atoms with Gasteiger partial charge in [0.25, 0.3) is 0 Å². The Balaban J connectivity index is 2.00. The first-order valence-electron chi connectivity index (χ1n) is 4.62. The Bertz CT molecular complexity index is 505. The van der Waals surface area contributed by atoms with Gasteiger partial charge in [0.1, 0.15) is 5.82 Å². The van der Waals surface area contributed by atoms with Crippen molar-refractivity contribution in [3.05, 3.63) is 39.4 Å². The summed E-state index contributed by atoms with van der Waals surface area (Å²) in [6.07, 6.45) is 1.69. The van der Waals surface area contributed by atoms with E-state index in [-0.39, 0.29) is 9.92 Å². The van der Waals surface area contributed by atoms with Crippen LogP contribution in [0, 0.1) is 10.1 Å². The average Bonchev–Trinajstić information content (AvgIpc) is 2.83. The first kappa shape index (κ1) is 10.6. The molecule has 1 N–H and O–H groups in total. The molecule has 0 aliphatic rings. The summed E-state index contributed by atoms with van der Waals surface area (Å²) in [6, 6.07) is 5.12. The summed E-state index contributed by atoms with van der Waals surface area (Å²) < 4.78 is 1.71. The number of hydrogen-bond acceptors (Lipinski definition) is 5. The fraction of sp³-hybridized carbons (Fsp3) is 0.222. The first-order chi connectivity index (χ1) is 7.66. The molecule has 0 atom stereocenters. The molecule has 84 valence electrons. The van der Waals surface area contributed by atoms with E-state index in [0.29, 0.717) is 6.54 Å². The van der Waals surface area contributed by atoms with Gasteiger partial charge in [-0.05, 0) is 6.07 Å². The van der Waals surface area contributed by atoms with Crippen LogP contribution >= 0.6 is 11.3 Å². The van der Waals surface area contributed by atoms with Gasteiger partial charge in [0.05, 0.1) is 17.7 Å². The third-order valence-electron chi connectivity index (χ3n) is 2.09. The van der Waals surface area contributed by atoms with Crippen LogP contribution in [-0.4, -0.2) is 14.7 Å². The summed E-state index contributed by atoms with van der Waals surface area (Å²) >= 11 is 1.18. The highest BCUT2D eigenvalue weighted by Gasteiger charge is 2.09. The van der Waals surface area contributed by atoms with E-state index >= 15 is 0 Å². The number of anilines is 1. The summed E-state index contributed by atoms with van der Waals surface area (Å²) in [5.41, 5.74) is 0. The lowest BCUT2D eigenvalue weighted by molar-refractivity contribution is -0.380. The van der Waals surface area contributed by atoms with E-state index in [1.54, 1.807) is 16.9 Å². The summed E-state index contributed by atoms with van der Waals surface area (Å²) in [6.45, 7) is 0.568. The molecule has 0 spiro atoms. The number of aromatic nitrogens is 2. The Kier molecular flexibility index (Phi) is 2.86. The fourth-order valence-corrected chi connectivity index (χ4v) is 2.04. The first-order valence-corrected chi connectivity index (χ1v) is 5.43. The van der Waals surface area contributed by atoms with Crippen molar-refractivity contribution in [2.75, 3.05) is 5.32 Å². The second-order valence-electron chi connectivity index (χ2n) is 3.19. The molecule has 0 bridgehead atoms. The Morgan fingerprint density at radius 1 is 1.56 bits per heavy atom. The topological polar surface area (TPSA) is 73.0 Å². The lowest BCUT2D eigenvalue weighted by atomic mass is 10.4. The van der Waals surface area contributed by atoms with Gasteiger partial charge >= 0.3 is 5.00 Å². The van der Waals surface area contributed by atoms with Crippen LogP contribution in [0.1, 0.15) is 4.88 Å². The van der Waals surface area contributed by atoms with Crippen LogP contribution in [0.4, 0.5) is 10.8 Å². The van der Waals surface area contributed by atoms with Gasteiger partial charge in [0.2, 0.25) is 0 Å². The molecule has 0 aliphatic heterocycles. The zero-order valence-electron chi connectivity index (χ0n) is 8.58. The summed E-state index contributed by atoms with van der Waals surface area (Å²) in [4.78, 5) is 11.0. The Hall–Kier alpha value is -1.89. The van der Waals surface area contributed by atoms with E-state index in [0.717, 1.165) is 10.7 Å². The van der Waals surface area contributed by atoms with Crippen LogP contribution in [0.25, 0.3) is 0 Å². The molecule has 2 aromatic heterocycles. The third-order valence-corrected chi connectivity index (χ3v) is 3.13. The van der Waals surface area contributed by atoms with Crippen LogP contribution in [0.5, 0.6) is 0 Å². The van der Waals surface area contributed by atoms with E-state index < -0.39 is 0 Å². The molecule has 2 aromatic rings. The van der Waals surface area contributed by atoms with Crippen molar-refractivity contribution >= 4 is 22.2 Å². The molecule has 0 saturated carbocycles. The van der Waals surface area contributed by atoms with Crippen LogP contribution in [-0.2, 0) is 13.6 Å². The van der Waals surface area contributed by atoms with Crippen molar-refractivity contribution < 1.29 is 4.92 Å². The molecule has 0 aromatic carbocycles. The van der Waals surface area contributed by atoms with Crippen molar-refractivity contribution in [2.45, 2.75) is 6.54 Å². The number of nitrogens with zero attached hydrogens (tertiary/aromatic N) is 3. The van der Waals surface area contributed by atoms with Gasteiger partial charge in [-0.15, -0.1) is 0 Å². The largest absolute Gasteiger partial charge is 0.365 e. The van der Waals surface area contributed by atoms with E-state index in [2.05, 4.69) is 10.4 Å². The third kappa shape index (κ3) is 2.19. The second-order valence-corrected chi connectivity index (χ2v) is 4.34. The minimum Gasteiger partial charge on any atom is -0.365 e. The quantitative estimate of drug-likeness (QED) is 0.653. The molecule has 0 unspecified atom stereocenters. The maximum absolute atomic E-state index is 10.5. The molecule has 6 nitrogen and oxygen atoms in total. The van der Waals surface area contributed by atoms with Crippen molar-refractivity contribution in [1.82, 2.24) is 9.78 Å². The molecule has 16 heavy (non-hydrogen) atoms. The molecular formula is C9H10N4O2S. The van der Waals surface area contributed by atoms with Gasteiger partial charge < -0.3 is 5.32 Å². The van der Waals surface area contributed by atoms with Crippen molar-refractivity contribution in [3.8, 4) is 0 Å². The SMILES string of the molecule is Cn1nccc1NCc1ccc([N+](=O)[O-])s1. The smallest absolute Gasteiger partial charge is 0.324 e. The standard InChI is InChI=1S/C9H10N4O2S/c1-12-8(4-5-11-12)10-6-7-2-3-9(16-7)13(14)15/h2-5,10H,6H2,1H3. The van der Waals surface area contributed by atoms with Crippen LogP contribution < -0.4 is 5.32 Å². The van der Waals surface area contributed by atoms with E-state index in [9.17, 15) is 10.1 Å². The number of nitrogens with one attached hydrogen (secondary N) is 1. The second kappa shape index (κ2) is 4.31. The lowest BCUT2D eigenvalue weighted by Gasteiger charge is -2.03. The van der Waals surface area contributed by atoms with Crippen LogP contribution in [0.2, 0.25) is 0 Å². The Morgan fingerprint density at radius 2 is 2.38 bits per heavy atom. The van der Waals surface area contributed by atoms with E-state index in [4.69, 9.17) is 0 Å². The summed E-state index contributed by atoms with van der Waals surface area (Å²) in [7, 11) is 1.83.